The highest BCUT2D eigenvalue weighted by molar-refractivity contribution is 5.91. The SMILES string of the molecule is Cn1c(C(=O)N2CCCC2)nc2c1CN([C@H]1CO[C@H](c3cc(F)ccc3F)[C@@H](N(C(=O)O)C(C)(C)C)C1)C2. The van der Waals surface area contributed by atoms with Crippen LogP contribution in [0.25, 0.3) is 0 Å². The quantitative estimate of drug-likeness (QED) is 0.643. The summed E-state index contributed by atoms with van der Waals surface area (Å²) < 4.78 is 36.9. The van der Waals surface area contributed by atoms with E-state index in [4.69, 9.17) is 4.74 Å². The number of carbonyl (C=O) groups is 2. The number of hydrogen-bond acceptors (Lipinski definition) is 5. The summed E-state index contributed by atoms with van der Waals surface area (Å²) >= 11 is 0. The van der Waals surface area contributed by atoms with Crippen molar-refractivity contribution >= 4 is 12.0 Å². The Balaban J connectivity index is 1.39. The second kappa shape index (κ2) is 9.92. The number of ether oxygens (including phenoxy) is 1. The molecule has 206 valence electrons. The van der Waals surface area contributed by atoms with Gasteiger partial charge in [-0.25, -0.2) is 18.6 Å². The van der Waals surface area contributed by atoms with Crippen LogP contribution in [0.4, 0.5) is 13.6 Å². The number of likely N-dealkylation sites (tertiary alicyclic amines) is 1. The summed E-state index contributed by atoms with van der Waals surface area (Å²) in [5.41, 5.74) is 0.994. The van der Waals surface area contributed by atoms with Crippen molar-refractivity contribution in [1.82, 2.24) is 24.3 Å². The lowest BCUT2D eigenvalue weighted by Gasteiger charge is -2.48. The third-order valence-electron chi connectivity index (χ3n) is 7.96. The molecule has 11 heteroatoms. The number of hydrogen-bond donors (Lipinski definition) is 1. The molecule has 9 nitrogen and oxygen atoms in total. The van der Waals surface area contributed by atoms with Gasteiger partial charge in [0.1, 0.15) is 17.7 Å². The van der Waals surface area contributed by atoms with E-state index in [2.05, 4.69) is 9.88 Å². The lowest BCUT2D eigenvalue weighted by Crippen LogP contribution is -2.58. The normalized spacial score (nSPS) is 24.1. The molecule has 2 saturated heterocycles. The predicted molar refractivity (Wildman–Crippen MR) is 134 cm³/mol. The van der Waals surface area contributed by atoms with Crippen molar-refractivity contribution in [2.24, 2.45) is 7.05 Å². The van der Waals surface area contributed by atoms with Gasteiger partial charge in [-0.2, -0.15) is 0 Å². The van der Waals surface area contributed by atoms with E-state index in [0.717, 1.165) is 55.5 Å². The Morgan fingerprint density at radius 2 is 1.87 bits per heavy atom. The van der Waals surface area contributed by atoms with Crippen molar-refractivity contribution in [2.75, 3.05) is 19.7 Å². The van der Waals surface area contributed by atoms with Crippen LogP contribution in [0.3, 0.4) is 0 Å². The fourth-order valence-electron chi connectivity index (χ4n) is 6.11. The molecule has 3 atom stereocenters. The van der Waals surface area contributed by atoms with Gasteiger partial charge in [-0.1, -0.05) is 0 Å². The Labute approximate surface area is 221 Å². The van der Waals surface area contributed by atoms with Gasteiger partial charge in [0.05, 0.1) is 24.0 Å². The number of carboxylic acid groups (broad SMARTS) is 1. The van der Waals surface area contributed by atoms with Crippen molar-refractivity contribution in [3.8, 4) is 0 Å². The van der Waals surface area contributed by atoms with Crippen LogP contribution in [0.15, 0.2) is 18.2 Å². The lowest BCUT2D eigenvalue weighted by molar-refractivity contribution is -0.103. The molecule has 1 aromatic heterocycles. The van der Waals surface area contributed by atoms with Gasteiger partial charge in [0.25, 0.3) is 5.91 Å². The molecule has 1 N–H and O–H groups in total. The molecule has 2 fully saturated rings. The van der Waals surface area contributed by atoms with Crippen LogP contribution in [0.2, 0.25) is 0 Å². The van der Waals surface area contributed by atoms with Crippen LogP contribution in [0, 0.1) is 11.6 Å². The first-order chi connectivity index (χ1) is 18.0. The highest BCUT2D eigenvalue weighted by Gasteiger charge is 2.46. The molecule has 5 rings (SSSR count). The fourth-order valence-corrected chi connectivity index (χ4v) is 6.11. The van der Waals surface area contributed by atoms with Crippen molar-refractivity contribution in [3.63, 3.8) is 0 Å². The summed E-state index contributed by atoms with van der Waals surface area (Å²) in [6, 6.07) is 2.25. The number of benzene rings is 1. The number of rotatable bonds is 4. The largest absolute Gasteiger partial charge is 0.465 e. The molecule has 0 saturated carbocycles. The van der Waals surface area contributed by atoms with E-state index in [1.807, 2.05) is 16.5 Å². The summed E-state index contributed by atoms with van der Waals surface area (Å²) in [4.78, 5) is 35.4. The number of aromatic nitrogens is 2. The van der Waals surface area contributed by atoms with E-state index >= 15 is 0 Å². The molecule has 3 aliphatic rings. The summed E-state index contributed by atoms with van der Waals surface area (Å²) in [5, 5.41) is 10.2. The molecule has 38 heavy (non-hydrogen) atoms. The first kappa shape index (κ1) is 26.6. The van der Waals surface area contributed by atoms with E-state index in [1.165, 1.54) is 4.90 Å². The molecule has 0 aliphatic carbocycles. The van der Waals surface area contributed by atoms with Gasteiger partial charge in [-0.05, 0) is 58.2 Å². The highest BCUT2D eigenvalue weighted by Crippen LogP contribution is 2.39. The van der Waals surface area contributed by atoms with Crippen LogP contribution < -0.4 is 0 Å². The summed E-state index contributed by atoms with van der Waals surface area (Å²) in [7, 11) is 1.85. The Bertz CT molecular complexity index is 1240. The minimum atomic E-state index is -1.15. The Kier molecular flexibility index (Phi) is 6.93. The fraction of sp³-hybridized carbons (Fsp3) is 0.593. The summed E-state index contributed by atoms with van der Waals surface area (Å²) in [6.07, 6.45) is 0.289. The maximum absolute atomic E-state index is 14.8. The van der Waals surface area contributed by atoms with E-state index in [0.29, 0.717) is 25.3 Å². The lowest BCUT2D eigenvalue weighted by atomic mass is 9.88. The minimum Gasteiger partial charge on any atom is -0.465 e. The van der Waals surface area contributed by atoms with Crippen LogP contribution in [-0.4, -0.2) is 78.7 Å². The summed E-state index contributed by atoms with van der Waals surface area (Å²) in [6.45, 7) is 8.10. The average Bonchev–Trinajstić information content (AvgIpc) is 3.58. The van der Waals surface area contributed by atoms with Gasteiger partial charge in [-0.3, -0.25) is 14.6 Å². The molecule has 0 radical (unpaired) electrons. The first-order valence-electron chi connectivity index (χ1n) is 13.1. The van der Waals surface area contributed by atoms with Crippen LogP contribution in [0.1, 0.15) is 73.7 Å². The van der Waals surface area contributed by atoms with E-state index in [9.17, 15) is 23.5 Å². The highest BCUT2D eigenvalue weighted by atomic mass is 19.1. The zero-order valence-corrected chi connectivity index (χ0v) is 22.3. The Morgan fingerprint density at radius 1 is 1.16 bits per heavy atom. The maximum atomic E-state index is 14.8. The topological polar surface area (TPSA) is 91.1 Å². The third kappa shape index (κ3) is 4.77. The van der Waals surface area contributed by atoms with Gasteiger partial charge >= 0.3 is 6.09 Å². The average molecular weight is 532 g/mol. The third-order valence-corrected chi connectivity index (χ3v) is 7.96. The van der Waals surface area contributed by atoms with Crippen LogP contribution in [0.5, 0.6) is 0 Å². The van der Waals surface area contributed by atoms with Crippen molar-refractivity contribution in [3.05, 3.63) is 52.6 Å². The van der Waals surface area contributed by atoms with Gasteiger partial charge in [0.2, 0.25) is 0 Å². The molecule has 3 aliphatic heterocycles. The number of imidazole rings is 1. The standard InChI is InChI=1S/C27H35F2N5O4/c1-27(2,3)34(26(36)37)21-12-17(15-38-23(21)18-11-16(28)7-8-19(18)29)33-13-20-22(14-33)31(4)24(30-20)25(35)32-9-5-6-10-32/h7-8,11,17,21,23H,5-6,9-10,12-15H2,1-4H3,(H,36,37)/t17-,21+,23-/m1/s1. The smallest absolute Gasteiger partial charge is 0.408 e. The second-order valence-corrected chi connectivity index (χ2v) is 11.5. The molecule has 0 unspecified atom stereocenters. The first-order valence-corrected chi connectivity index (χ1v) is 13.1. The molecule has 4 heterocycles. The maximum Gasteiger partial charge on any atom is 0.408 e. The molecule has 0 spiro atoms. The van der Waals surface area contributed by atoms with Crippen molar-refractivity contribution in [1.29, 1.82) is 0 Å². The van der Waals surface area contributed by atoms with Crippen molar-refractivity contribution < 1.29 is 28.2 Å². The van der Waals surface area contributed by atoms with Crippen LogP contribution >= 0.6 is 0 Å². The predicted octanol–water partition coefficient (Wildman–Crippen LogP) is 3.93. The molecule has 0 bridgehead atoms. The van der Waals surface area contributed by atoms with Gasteiger partial charge < -0.3 is 19.3 Å². The number of halogens is 2. The van der Waals surface area contributed by atoms with E-state index in [-0.39, 0.29) is 24.1 Å². The Hall–Kier alpha value is -3.05. The van der Waals surface area contributed by atoms with Gasteiger partial charge in [-0.15, -0.1) is 0 Å². The zero-order chi connectivity index (χ0) is 27.4. The van der Waals surface area contributed by atoms with Crippen LogP contribution in [-0.2, 0) is 24.9 Å². The Morgan fingerprint density at radius 3 is 2.50 bits per heavy atom. The zero-order valence-electron chi connectivity index (χ0n) is 22.3. The van der Waals surface area contributed by atoms with E-state index in [1.54, 1.807) is 20.8 Å². The summed E-state index contributed by atoms with van der Waals surface area (Å²) in [5.74, 6) is -0.842. The van der Waals surface area contributed by atoms with Crippen molar-refractivity contribution in [2.45, 2.75) is 76.8 Å². The van der Waals surface area contributed by atoms with Gasteiger partial charge in [0.15, 0.2) is 5.82 Å². The minimum absolute atomic E-state index is 0.0143. The number of carbonyl (C=O) groups excluding carboxylic acids is 1. The monoisotopic (exact) mass is 531 g/mol. The molecular weight excluding hydrogens is 496 g/mol. The second-order valence-electron chi connectivity index (χ2n) is 11.5. The number of amides is 2. The number of fused-ring (bicyclic) bond motifs is 1. The molecule has 2 aromatic rings. The molecule has 1 aromatic carbocycles. The molecule has 2 amide bonds. The van der Waals surface area contributed by atoms with E-state index < -0.39 is 35.4 Å². The van der Waals surface area contributed by atoms with Gasteiger partial charge in [0, 0.05) is 50.4 Å². The molecular formula is C27H35F2N5O4. The number of nitrogens with zero attached hydrogens (tertiary/aromatic N) is 5.